The van der Waals surface area contributed by atoms with E-state index in [2.05, 4.69) is 0 Å². The molecule has 0 spiro atoms. The number of fused-ring (bicyclic) bond motifs is 1. The van der Waals surface area contributed by atoms with E-state index in [0.29, 0.717) is 15.5 Å². The highest BCUT2D eigenvalue weighted by molar-refractivity contribution is 8.04. The summed E-state index contributed by atoms with van der Waals surface area (Å²) in [6.07, 6.45) is 5.15. The Morgan fingerprint density at radius 1 is 1.11 bits per heavy atom. The summed E-state index contributed by atoms with van der Waals surface area (Å²) in [6.45, 7) is 1.62. The van der Waals surface area contributed by atoms with Crippen LogP contribution in [0.1, 0.15) is 35.2 Å². The predicted octanol–water partition coefficient (Wildman–Crippen LogP) is 5.08. The summed E-state index contributed by atoms with van der Waals surface area (Å²) in [4.78, 5) is 30.8. The second-order valence-electron chi connectivity index (χ2n) is 7.07. The number of benzene rings is 2. The average molecular weight is 413 g/mol. The van der Waals surface area contributed by atoms with Gasteiger partial charge in [0.1, 0.15) is 0 Å². The molecule has 144 valence electrons. The lowest BCUT2D eigenvalue weighted by Crippen LogP contribution is -2.36. The standard InChI is InChI=1S/C22H21ClN2O2S/c1-24-18-14-16(21(26)25-10-3-2-4-11-25)8-9-19(18)28-20(22(24)27)13-15-6-5-7-17(23)12-15/h5-9,12-14H,2-4,10-11H2,1H3. The highest BCUT2D eigenvalue weighted by Crippen LogP contribution is 2.42. The van der Waals surface area contributed by atoms with E-state index in [0.717, 1.165) is 42.1 Å². The minimum Gasteiger partial charge on any atom is -0.339 e. The minimum atomic E-state index is -0.0833. The number of likely N-dealkylation sites (N-methyl/N-ethyl adjacent to an activating group) is 1. The van der Waals surface area contributed by atoms with E-state index in [-0.39, 0.29) is 11.8 Å². The normalized spacial score (nSPS) is 18.4. The van der Waals surface area contributed by atoms with Gasteiger partial charge < -0.3 is 9.80 Å². The topological polar surface area (TPSA) is 40.6 Å². The molecular weight excluding hydrogens is 392 g/mol. The molecule has 2 aromatic carbocycles. The number of nitrogens with zero attached hydrogens (tertiary/aromatic N) is 2. The first-order valence-electron chi connectivity index (χ1n) is 9.39. The lowest BCUT2D eigenvalue weighted by Gasteiger charge is -2.29. The molecule has 2 amide bonds. The van der Waals surface area contributed by atoms with Crippen LogP contribution in [0.5, 0.6) is 0 Å². The third kappa shape index (κ3) is 3.82. The zero-order chi connectivity index (χ0) is 19.7. The maximum Gasteiger partial charge on any atom is 0.264 e. The van der Waals surface area contributed by atoms with Crippen molar-refractivity contribution in [2.45, 2.75) is 24.2 Å². The van der Waals surface area contributed by atoms with Crippen molar-refractivity contribution < 1.29 is 9.59 Å². The van der Waals surface area contributed by atoms with Gasteiger partial charge in [0.05, 0.1) is 10.6 Å². The maximum atomic E-state index is 12.9. The molecule has 28 heavy (non-hydrogen) atoms. The Hall–Kier alpha value is -2.24. The van der Waals surface area contributed by atoms with Crippen LogP contribution in [-0.2, 0) is 4.79 Å². The molecule has 0 unspecified atom stereocenters. The van der Waals surface area contributed by atoms with Crippen LogP contribution < -0.4 is 4.90 Å². The lowest BCUT2D eigenvalue weighted by atomic mass is 10.1. The van der Waals surface area contributed by atoms with Crippen LogP contribution in [0.15, 0.2) is 52.3 Å². The first-order chi connectivity index (χ1) is 13.5. The monoisotopic (exact) mass is 412 g/mol. The quantitative estimate of drug-likeness (QED) is 0.646. The zero-order valence-corrected chi connectivity index (χ0v) is 17.2. The molecule has 0 aliphatic carbocycles. The zero-order valence-electron chi connectivity index (χ0n) is 15.7. The van der Waals surface area contributed by atoms with Gasteiger partial charge >= 0.3 is 0 Å². The van der Waals surface area contributed by atoms with Gasteiger partial charge in [0, 0.05) is 35.6 Å². The largest absolute Gasteiger partial charge is 0.339 e. The number of carbonyl (C=O) groups excluding carboxylic acids is 2. The first kappa shape index (κ1) is 19.1. The van der Waals surface area contributed by atoms with Gasteiger partial charge in [0.15, 0.2) is 0 Å². The third-order valence-electron chi connectivity index (χ3n) is 5.09. The summed E-state index contributed by atoms with van der Waals surface area (Å²) in [7, 11) is 1.75. The summed E-state index contributed by atoms with van der Waals surface area (Å²) in [5.74, 6) is -0.0336. The fraction of sp³-hybridized carbons (Fsp3) is 0.273. The van der Waals surface area contributed by atoms with Gasteiger partial charge in [-0.15, -0.1) is 0 Å². The minimum absolute atomic E-state index is 0.0496. The second kappa shape index (κ2) is 8.02. The number of anilines is 1. The van der Waals surface area contributed by atoms with E-state index in [9.17, 15) is 9.59 Å². The Balaban J connectivity index is 1.62. The summed E-state index contributed by atoms with van der Waals surface area (Å²) in [5, 5.41) is 0.636. The molecule has 2 aromatic rings. The number of hydrogen-bond donors (Lipinski definition) is 0. The van der Waals surface area contributed by atoms with Crippen molar-refractivity contribution in [2.75, 3.05) is 25.0 Å². The van der Waals surface area contributed by atoms with Crippen molar-refractivity contribution in [3.8, 4) is 0 Å². The van der Waals surface area contributed by atoms with Gasteiger partial charge in [-0.1, -0.05) is 35.5 Å². The first-order valence-corrected chi connectivity index (χ1v) is 10.6. The number of amides is 2. The number of hydrogen-bond acceptors (Lipinski definition) is 3. The molecule has 4 nitrogen and oxygen atoms in total. The predicted molar refractivity (Wildman–Crippen MR) is 115 cm³/mol. The van der Waals surface area contributed by atoms with Crippen LogP contribution in [-0.4, -0.2) is 36.9 Å². The molecule has 6 heteroatoms. The summed E-state index contributed by atoms with van der Waals surface area (Å²) in [6, 6.07) is 13.1. The van der Waals surface area contributed by atoms with Crippen LogP contribution in [0.3, 0.4) is 0 Å². The molecule has 0 aromatic heterocycles. The van der Waals surface area contributed by atoms with E-state index in [4.69, 9.17) is 11.6 Å². The number of halogens is 1. The molecule has 1 fully saturated rings. The number of piperidine rings is 1. The number of thioether (sulfide) groups is 1. The smallest absolute Gasteiger partial charge is 0.264 e. The van der Waals surface area contributed by atoms with Crippen LogP contribution in [0.25, 0.3) is 6.08 Å². The van der Waals surface area contributed by atoms with Crippen molar-refractivity contribution in [1.29, 1.82) is 0 Å². The Kier molecular flexibility index (Phi) is 5.47. The molecular formula is C22H21ClN2O2S. The molecule has 1 saturated heterocycles. The lowest BCUT2D eigenvalue weighted by molar-refractivity contribution is -0.114. The Morgan fingerprint density at radius 3 is 2.64 bits per heavy atom. The van der Waals surface area contributed by atoms with Crippen LogP contribution in [0.4, 0.5) is 5.69 Å². The molecule has 2 heterocycles. The van der Waals surface area contributed by atoms with Crippen molar-refractivity contribution >= 4 is 46.9 Å². The molecule has 0 atom stereocenters. The molecule has 0 N–H and O–H groups in total. The molecule has 2 aliphatic rings. The van der Waals surface area contributed by atoms with E-state index < -0.39 is 0 Å². The number of carbonyl (C=O) groups is 2. The van der Waals surface area contributed by atoms with Crippen molar-refractivity contribution in [3.63, 3.8) is 0 Å². The van der Waals surface area contributed by atoms with Gasteiger partial charge in [-0.3, -0.25) is 9.59 Å². The molecule has 4 rings (SSSR count). The highest BCUT2D eigenvalue weighted by atomic mass is 35.5. The van der Waals surface area contributed by atoms with Crippen molar-refractivity contribution in [1.82, 2.24) is 4.90 Å². The average Bonchev–Trinajstić information content (AvgIpc) is 2.72. The fourth-order valence-corrected chi connectivity index (χ4v) is 4.85. The van der Waals surface area contributed by atoms with E-state index in [1.807, 2.05) is 53.4 Å². The highest BCUT2D eigenvalue weighted by Gasteiger charge is 2.28. The van der Waals surface area contributed by atoms with Gasteiger partial charge in [0.2, 0.25) is 0 Å². The Bertz CT molecular complexity index is 967. The van der Waals surface area contributed by atoms with E-state index >= 15 is 0 Å². The Morgan fingerprint density at radius 2 is 1.89 bits per heavy atom. The molecule has 0 saturated carbocycles. The van der Waals surface area contributed by atoms with Gasteiger partial charge in [0.25, 0.3) is 11.8 Å². The summed E-state index contributed by atoms with van der Waals surface area (Å²) in [5.41, 5.74) is 2.31. The van der Waals surface area contributed by atoms with Crippen LogP contribution in [0, 0.1) is 0 Å². The number of rotatable bonds is 2. The van der Waals surface area contributed by atoms with Crippen molar-refractivity contribution in [3.05, 3.63) is 63.5 Å². The molecule has 0 bridgehead atoms. The van der Waals surface area contributed by atoms with Gasteiger partial charge in [-0.25, -0.2) is 0 Å². The molecule has 0 radical (unpaired) electrons. The fourth-order valence-electron chi connectivity index (χ4n) is 3.55. The maximum absolute atomic E-state index is 12.9. The Labute approximate surface area is 174 Å². The SMILES string of the molecule is CN1C(=O)C(=Cc2cccc(Cl)c2)Sc2ccc(C(=O)N3CCCCC3)cc21. The van der Waals surface area contributed by atoms with Gasteiger partial charge in [-0.2, -0.15) is 0 Å². The molecule has 2 aliphatic heterocycles. The number of likely N-dealkylation sites (tertiary alicyclic amines) is 1. The third-order valence-corrected chi connectivity index (χ3v) is 6.40. The van der Waals surface area contributed by atoms with E-state index in [1.54, 1.807) is 11.9 Å². The summed E-state index contributed by atoms with van der Waals surface area (Å²) < 4.78 is 0. The summed E-state index contributed by atoms with van der Waals surface area (Å²) >= 11 is 7.48. The van der Waals surface area contributed by atoms with Crippen LogP contribution in [0.2, 0.25) is 5.02 Å². The van der Waals surface area contributed by atoms with Gasteiger partial charge in [-0.05, 0) is 61.2 Å². The van der Waals surface area contributed by atoms with E-state index in [1.165, 1.54) is 18.2 Å². The van der Waals surface area contributed by atoms with Crippen LogP contribution >= 0.6 is 23.4 Å². The van der Waals surface area contributed by atoms with Crippen molar-refractivity contribution in [2.24, 2.45) is 0 Å². The second-order valence-corrected chi connectivity index (χ2v) is 8.59.